The summed E-state index contributed by atoms with van der Waals surface area (Å²) < 4.78 is 15.7. The van der Waals surface area contributed by atoms with Gasteiger partial charge in [-0.2, -0.15) is 0 Å². The topological polar surface area (TPSA) is 146 Å². The van der Waals surface area contributed by atoms with E-state index in [1.54, 1.807) is 36.4 Å². The number of carbonyl (C=O) groups excluding carboxylic acids is 3. The van der Waals surface area contributed by atoms with Crippen molar-refractivity contribution in [2.75, 3.05) is 12.4 Å². The van der Waals surface area contributed by atoms with Gasteiger partial charge in [0.05, 0.1) is 17.7 Å². The number of carbonyl (C=O) groups is 3. The average Bonchev–Trinajstić information content (AvgIpc) is 2.92. The second kappa shape index (κ2) is 13.4. The Morgan fingerprint density at radius 2 is 1.58 bits per heavy atom. The van der Waals surface area contributed by atoms with Crippen LogP contribution in [0.4, 0.5) is 16.2 Å². The molecule has 0 spiro atoms. The molecule has 0 radical (unpaired) electrons. The van der Waals surface area contributed by atoms with Crippen molar-refractivity contribution in [3.63, 3.8) is 0 Å². The van der Waals surface area contributed by atoms with Gasteiger partial charge >= 0.3 is 12.1 Å². The molecular formula is C27H27N3O8. The lowest BCUT2D eigenvalue weighted by molar-refractivity contribution is -0.384. The molecule has 0 saturated heterocycles. The summed E-state index contributed by atoms with van der Waals surface area (Å²) in [6.45, 7) is 1.34. The van der Waals surface area contributed by atoms with Crippen molar-refractivity contribution in [3.8, 4) is 5.75 Å². The summed E-state index contributed by atoms with van der Waals surface area (Å²) in [5.74, 6) is -1.42. The van der Waals surface area contributed by atoms with Crippen LogP contribution in [0.15, 0.2) is 78.9 Å². The molecular weight excluding hydrogens is 494 g/mol. The number of amides is 2. The normalized spacial score (nSPS) is 11.9. The Morgan fingerprint density at radius 1 is 0.947 bits per heavy atom. The highest BCUT2D eigenvalue weighted by Crippen LogP contribution is 2.29. The predicted octanol–water partition coefficient (Wildman–Crippen LogP) is 4.01. The lowest BCUT2D eigenvalue weighted by atomic mass is 10.1. The number of rotatable bonds is 11. The molecule has 0 aliphatic heterocycles. The number of ether oxygens (including phenoxy) is 3. The first-order valence-electron chi connectivity index (χ1n) is 11.6. The number of nitro benzene ring substituents is 1. The van der Waals surface area contributed by atoms with Crippen LogP contribution in [0.3, 0.4) is 0 Å². The van der Waals surface area contributed by atoms with E-state index in [0.717, 1.165) is 17.2 Å². The molecule has 2 amide bonds. The van der Waals surface area contributed by atoms with Crippen molar-refractivity contribution in [1.82, 2.24) is 5.32 Å². The zero-order valence-corrected chi connectivity index (χ0v) is 20.8. The Bertz CT molecular complexity index is 1270. The highest BCUT2D eigenvalue weighted by atomic mass is 16.6. The van der Waals surface area contributed by atoms with Gasteiger partial charge < -0.3 is 24.8 Å². The van der Waals surface area contributed by atoms with Gasteiger partial charge in [-0.1, -0.05) is 60.7 Å². The molecule has 2 N–H and O–H groups in total. The molecule has 3 aromatic carbocycles. The second-order valence-corrected chi connectivity index (χ2v) is 8.16. The summed E-state index contributed by atoms with van der Waals surface area (Å²) >= 11 is 0. The van der Waals surface area contributed by atoms with E-state index in [-0.39, 0.29) is 30.2 Å². The molecule has 0 bridgehead atoms. The van der Waals surface area contributed by atoms with E-state index in [9.17, 15) is 24.5 Å². The Hall–Kier alpha value is -4.93. The van der Waals surface area contributed by atoms with Gasteiger partial charge in [0.1, 0.15) is 18.4 Å². The number of hydrogen-bond acceptors (Lipinski definition) is 8. The maximum atomic E-state index is 13.0. The van der Waals surface area contributed by atoms with Crippen molar-refractivity contribution >= 4 is 29.3 Å². The van der Waals surface area contributed by atoms with Gasteiger partial charge in [0.2, 0.25) is 0 Å². The Kier molecular flexibility index (Phi) is 9.75. The number of benzene rings is 3. The number of nitrogens with one attached hydrogen (secondary N) is 2. The number of nitrogens with zero attached hydrogens (tertiary/aromatic N) is 1. The molecule has 0 heterocycles. The molecule has 0 aromatic heterocycles. The summed E-state index contributed by atoms with van der Waals surface area (Å²) in [4.78, 5) is 48.7. The number of nitro groups is 1. The number of hydrogen-bond donors (Lipinski definition) is 2. The first-order valence-corrected chi connectivity index (χ1v) is 11.6. The van der Waals surface area contributed by atoms with Crippen molar-refractivity contribution < 1.29 is 33.5 Å². The molecule has 3 rings (SSSR count). The van der Waals surface area contributed by atoms with E-state index in [1.165, 1.54) is 26.2 Å². The van der Waals surface area contributed by atoms with Crippen molar-refractivity contribution in [2.45, 2.75) is 32.1 Å². The minimum atomic E-state index is -1.30. The summed E-state index contributed by atoms with van der Waals surface area (Å²) in [6, 6.07) is 20.5. The fourth-order valence-electron chi connectivity index (χ4n) is 3.40. The van der Waals surface area contributed by atoms with E-state index in [0.29, 0.717) is 0 Å². The van der Waals surface area contributed by atoms with E-state index in [4.69, 9.17) is 14.2 Å². The van der Waals surface area contributed by atoms with Crippen LogP contribution in [0.1, 0.15) is 18.1 Å². The van der Waals surface area contributed by atoms with Crippen molar-refractivity contribution in [3.05, 3.63) is 100 Å². The minimum Gasteiger partial charge on any atom is -0.495 e. The first-order chi connectivity index (χ1) is 18.3. The maximum Gasteiger partial charge on any atom is 0.408 e. The van der Waals surface area contributed by atoms with Crippen LogP contribution in [-0.2, 0) is 32.1 Å². The molecule has 198 valence electrons. The fourth-order valence-corrected chi connectivity index (χ4v) is 3.40. The summed E-state index contributed by atoms with van der Waals surface area (Å²) in [5, 5.41) is 16.1. The molecule has 0 aliphatic carbocycles. The molecule has 38 heavy (non-hydrogen) atoms. The summed E-state index contributed by atoms with van der Waals surface area (Å²) in [7, 11) is 1.34. The Balaban J connectivity index is 1.67. The van der Waals surface area contributed by atoms with Gasteiger partial charge in [-0.3, -0.25) is 14.9 Å². The van der Waals surface area contributed by atoms with Crippen LogP contribution in [0, 0.1) is 10.1 Å². The molecule has 2 atom stereocenters. The van der Waals surface area contributed by atoms with Crippen LogP contribution >= 0.6 is 0 Å². The van der Waals surface area contributed by atoms with Crippen LogP contribution in [0.25, 0.3) is 0 Å². The first kappa shape index (κ1) is 27.7. The zero-order chi connectivity index (χ0) is 27.5. The van der Waals surface area contributed by atoms with E-state index in [1.807, 2.05) is 24.3 Å². The number of alkyl carbamates (subject to hydrolysis) is 1. The summed E-state index contributed by atoms with van der Waals surface area (Å²) in [5.41, 5.74) is 1.30. The predicted molar refractivity (Wildman–Crippen MR) is 138 cm³/mol. The van der Waals surface area contributed by atoms with Gasteiger partial charge in [0, 0.05) is 18.6 Å². The molecule has 11 nitrogen and oxygen atoms in total. The van der Waals surface area contributed by atoms with E-state index < -0.39 is 35.0 Å². The quantitative estimate of drug-likeness (QED) is 0.219. The SMILES string of the molecule is COc1ccc([N+](=O)[O-])cc1NC(=O)[C@@H](C)OC(=O)[C@H](Cc1ccccc1)NC(=O)OCc1ccccc1. The van der Waals surface area contributed by atoms with E-state index >= 15 is 0 Å². The average molecular weight is 522 g/mol. The number of esters is 1. The van der Waals surface area contributed by atoms with Crippen LogP contribution < -0.4 is 15.4 Å². The molecule has 0 saturated carbocycles. The van der Waals surface area contributed by atoms with Crippen LogP contribution in [0.2, 0.25) is 0 Å². The largest absolute Gasteiger partial charge is 0.495 e. The van der Waals surface area contributed by atoms with E-state index in [2.05, 4.69) is 10.6 Å². The number of anilines is 1. The van der Waals surface area contributed by atoms with Crippen molar-refractivity contribution in [1.29, 1.82) is 0 Å². The Labute approximate surface area is 218 Å². The Morgan fingerprint density at radius 3 is 2.18 bits per heavy atom. The highest BCUT2D eigenvalue weighted by Gasteiger charge is 2.28. The lowest BCUT2D eigenvalue weighted by Crippen LogP contribution is -2.45. The highest BCUT2D eigenvalue weighted by molar-refractivity contribution is 5.97. The maximum absolute atomic E-state index is 13.0. The third-order valence-corrected chi connectivity index (χ3v) is 5.39. The molecule has 0 unspecified atom stereocenters. The smallest absolute Gasteiger partial charge is 0.408 e. The van der Waals surface area contributed by atoms with Gasteiger partial charge in [-0.05, 0) is 24.1 Å². The van der Waals surface area contributed by atoms with Gasteiger partial charge in [0.15, 0.2) is 6.10 Å². The summed E-state index contributed by atoms with van der Waals surface area (Å²) in [6.07, 6.45) is -2.04. The van der Waals surface area contributed by atoms with Crippen LogP contribution in [-0.4, -0.2) is 42.1 Å². The second-order valence-electron chi connectivity index (χ2n) is 8.16. The third-order valence-electron chi connectivity index (χ3n) is 5.39. The fraction of sp³-hybridized carbons (Fsp3) is 0.222. The molecule has 0 aliphatic rings. The molecule has 11 heteroatoms. The number of methoxy groups -OCH3 is 1. The van der Waals surface area contributed by atoms with Gasteiger partial charge in [0.25, 0.3) is 11.6 Å². The molecule has 0 fully saturated rings. The van der Waals surface area contributed by atoms with Gasteiger partial charge in [-0.25, -0.2) is 9.59 Å². The minimum absolute atomic E-state index is 0.00360. The lowest BCUT2D eigenvalue weighted by Gasteiger charge is -2.21. The van der Waals surface area contributed by atoms with Crippen molar-refractivity contribution in [2.24, 2.45) is 0 Å². The standard InChI is InChI=1S/C27H27N3O8/c1-18(25(31)28-22-16-21(30(34)35)13-14-24(22)36-2)38-26(32)23(15-19-9-5-3-6-10-19)29-27(33)37-17-20-11-7-4-8-12-20/h3-14,16,18,23H,15,17H2,1-2H3,(H,28,31)(H,29,33)/t18-,23+/m1/s1. The monoisotopic (exact) mass is 521 g/mol. The third kappa shape index (κ3) is 8.05. The number of non-ortho nitro benzene ring substituents is 1. The zero-order valence-electron chi connectivity index (χ0n) is 20.8. The van der Waals surface area contributed by atoms with Gasteiger partial charge in [-0.15, -0.1) is 0 Å². The molecule has 3 aromatic rings. The van der Waals surface area contributed by atoms with Crippen LogP contribution in [0.5, 0.6) is 5.75 Å².